The van der Waals surface area contributed by atoms with Gasteiger partial charge in [0.25, 0.3) is 5.91 Å². The predicted molar refractivity (Wildman–Crippen MR) is 84.6 cm³/mol. The van der Waals surface area contributed by atoms with Crippen molar-refractivity contribution < 1.29 is 14.1 Å². The first-order chi connectivity index (χ1) is 10.7. The summed E-state index contributed by atoms with van der Waals surface area (Å²) in [6.45, 7) is 0.369. The number of hydrogen-bond donors (Lipinski definition) is 1. The number of ether oxygens (including phenoxy) is 1. The molecule has 0 saturated carbocycles. The van der Waals surface area contributed by atoms with Crippen LogP contribution in [-0.2, 0) is 17.6 Å². The Balaban J connectivity index is 1.65. The lowest BCUT2D eigenvalue weighted by molar-refractivity contribution is 0.0830. The molecule has 5 nitrogen and oxygen atoms in total. The fraction of sp³-hybridized carbons (Fsp3) is 0.467. The highest BCUT2D eigenvalue weighted by molar-refractivity contribution is 7.16. The number of halogens is 1. The van der Waals surface area contributed by atoms with Crippen LogP contribution in [-0.4, -0.2) is 24.7 Å². The van der Waals surface area contributed by atoms with Crippen molar-refractivity contribution >= 4 is 28.8 Å². The van der Waals surface area contributed by atoms with Crippen molar-refractivity contribution in [1.82, 2.24) is 10.5 Å². The number of carbonyl (C=O) groups is 1. The Morgan fingerprint density at radius 3 is 3.05 bits per heavy atom. The quantitative estimate of drug-likeness (QED) is 0.906. The molecule has 118 valence electrons. The fourth-order valence-corrected chi connectivity index (χ4v) is 3.77. The average molecular weight is 341 g/mol. The Hall–Kier alpha value is -1.37. The van der Waals surface area contributed by atoms with Gasteiger partial charge in [0.05, 0.1) is 4.34 Å². The first-order valence-corrected chi connectivity index (χ1v) is 8.42. The zero-order chi connectivity index (χ0) is 15.5. The molecular formula is C15H17ClN2O3S. The number of rotatable bonds is 5. The van der Waals surface area contributed by atoms with Crippen LogP contribution in [0, 0.1) is 0 Å². The van der Waals surface area contributed by atoms with E-state index in [1.807, 2.05) is 12.1 Å². The lowest BCUT2D eigenvalue weighted by atomic mass is 9.96. The average Bonchev–Trinajstić information content (AvgIpc) is 3.14. The molecule has 0 fully saturated rings. The van der Waals surface area contributed by atoms with E-state index < -0.39 is 0 Å². The molecule has 7 heteroatoms. The van der Waals surface area contributed by atoms with Crippen LogP contribution in [0.5, 0.6) is 0 Å². The highest BCUT2D eigenvalue weighted by atomic mass is 35.5. The molecule has 0 aromatic carbocycles. The zero-order valence-corrected chi connectivity index (χ0v) is 13.8. The molecule has 0 radical (unpaired) electrons. The highest BCUT2D eigenvalue weighted by Gasteiger charge is 2.24. The van der Waals surface area contributed by atoms with E-state index in [2.05, 4.69) is 10.5 Å². The van der Waals surface area contributed by atoms with Gasteiger partial charge in [-0.05, 0) is 31.4 Å². The summed E-state index contributed by atoms with van der Waals surface area (Å²) in [6, 6.07) is 3.73. The van der Waals surface area contributed by atoms with Crippen LogP contribution in [0.4, 0.5) is 0 Å². The van der Waals surface area contributed by atoms with Crippen LogP contribution in [0.15, 0.2) is 16.7 Å². The number of methoxy groups -OCH3 is 1. The van der Waals surface area contributed by atoms with Crippen molar-refractivity contribution in [3.8, 4) is 0 Å². The van der Waals surface area contributed by atoms with Crippen LogP contribution in [0.1, 0.15) is 45.6 Å². The first-order valence-electron chi connectivity index (χ1n) is 7.22. The standard InChI is InChI=1S/C15H17ClN2O3S/c1-20-11(12-6-7-13(16)22-12)8-17-15(19)14-9-4-2-3-5-10(9)21-18-14/h6-7,11H,2-5,8H2,1H3,(H,17,19)/t11-/m0/s1. The largest absolute Gasteiger partial charge is 0.374 e. The van der Waals surface area contributed by atoms with Crippen LogP contribution in [0.25, 0.3) is 0 Å². The molecule has 1 atom stereocenters. The lowest BCUT2D eigenvalue weighted by Gasteiger charge is -2.14. The Labute approximate surface area is 137 Å². The van der Waals surface area contributed by atoms with Gasteiger partial charge in [-0.1, -0.05) is 16.8 Å². The van der Waals surface area contributed by atoms with Gasteiger partial charge in [0, 0.05) is 30.5 Å². The van der Waals surface area contributed by atoms with Crippen LogP contribution < -0.4 is 5.32 Å². The number of thiophene rings is 1. The van der Waals surface area contributed by atoms with Crippen molar-refractivity contribution in [1.29, 1.82) is 0 Å². The molecule has 1 amide bonds. The molecule has 0 saturated heterocycles. The van der Waals surface area contributed by atoms with Gasteiger partial charge in [0.1, 0.15) is 11.9 Å². The van der Waals surface area contributed by atoms with Gasteiger partial charge in [-0.15, -0.1) is 11.3 Å². The molecule has 2 heterocycles. The van der Waals surface area contributed by atoms with E-state index in [9.17, 15) is 4.79 Å². The maximum absolute atomic E-state index is 12.3. The van der Waals surface area contributed by atoms with Gasteiger partial charge in [-0.25, -0.2) is 0 Å². The molecule has 3 rings (SSSR count). The third-order valence-corrected chi connectivity index (χ3v) is 5.13. The third-order valence-electron chi connectivity index (χ3n) is 3.81. The number of carbonyl (C=O) groups excluding carboxylic acids is 1. The van der Waals surface area contributed by atoms with Crippen LogP contribution >= 0.6 is 22.9 Å². The van der Waals surface area contributed by atoms with E-state index in [1.165, 1.54) is 11.3 Å². The molecule has 0 unspecified atom stereocenters. The molecule has 0 spiro atoms. The summed E-state index contributed by atoms with van der Waals surface area (Å²) in [5.74, 6) is 0.640. The molecule has 22 heavy (non-hydrogen) atoms. The van der Waals surface area contributed by atoms with E-state index in [1.54, 1.807) is 7.11 Å². The van der Waals surface area contributed by atoms with E-state index in [0.29, 0.717) is 16.6 Å². The number of aryl methyl sites for hydroxylation is 1. The Morgan fingerprint density at radius 2 is 2.32 bits per heavy atom. The summed E-state index contributed by atoms with van der Waals surface area (Å²) in [7, 11) is 1.61. The van der Waals surface area contributed by atoms with Gasteiger partial charge in [-0.2, -0.15) is 0 Å². The Morgan fingerprint density at radius 1 is 1.50 bits per heavy atom. The van der Waals surface area contributed by atoms with E-state index in [0.717, 1.165) is 41.9 Å². The maximum atomic E-state index is 12.3. The normalized spacial score (nSPS) is 15.4. The third kappa shape index (κ3) is 3.19. The van der Waals surface area contributed by atoms with Gasteiger partial charge < -0.3 is 14.6 Å². The second kappa shape index (κ2) is 6.81. The summed E-state index contributed by atoms with van der Waals surface area (Å²) >= 11 is 7.39. The van der Waals surface area contributed by atoms with Crippen molar-refractivity contribution in [2.24, 2.45) is 0 Å². The smallest absolute Gasteiger partial charge is 0.273 e. The molecule has 0 aliphatic heterocycles. The molecule has 1 aliphatic carbocycles. The number of fused-ring (bicyclic) bond motifs is 1. The minimum Gasteiger partial charge on any atom is -0.374 e. The number of hydrogen-bond acceptors (Lipinski definition) is 5. The fourth-order valence-electron chi connectivity index (χ4n) is 2.63. The molecular weight excluding hydrogens is 324 g/mol. The van der Waals surface area contributed by atoms with Crippen molar-refractivity contribution in [3.63, 3.8) is 0 Å². The molecule has 2 aromatic heterocycles. The topological polar surface area (TPSA) is 64.4 Å². The Bertz CT molecular complexity index is 668. The second-order valence-electron chi connectivity index (χ2n) is 5.22. The van der Waals surface area contributed by atoms with Gasteiger partial charge in [0.15, 0.2) is 5.69 Å². The number of nitrogens with zero attached hydrogens (tertiary/aromatic N) is 1. The minimum atomic E-state index is -0.218. The predicted octanol–water partition coefficient (Wildman–Crippen LogP) is 3.39. The second-order valence-corrected chi connectivity index (χ2v) is 6.96. The number of aromatic nitrogens is 1. The summed E-state index contributed by atoms with van der Waals surface area (Å²) in [5.41, 5.74) is 1.37. The van der Waals surface area contributed by atoms with Crippen molar-refractivity contribution in [3.05, 3.63) is 38.4 Å². The Kier molecular flexibility index (Phi) is 4.81. The number of nitrogens with one attached hydrogen (secondary N) is 1. The van der Waals surface area contributed by atoms with E-state index in [-0.39, 0.29) is 12.0 Å². The highest BCUT2D eigenvalue weighted by Crippen LogP contribution is 2.28. The maximum Gasteiger partial charge on any atom is 0.273 e. The monoisotopic (exact) mass is 340 g/mol. The summed E-state index contributed by atoms with van der Waals surface area (Å²) in [4.78, 5) is 13.3. The van der Waals surface area contributed by atoms with Gasteiger partial charge in [-0.3, -0.25) is 4.79 Å². The van der Waals surface area contributed by atoms with Gasteiger partial charge in [0.2, 0.25) is 0 Å². The van der Waals surface area contributed by atoms with E-state index in [4.69, 9.17) is 20.9 Å². The number of amides is 1. The van der Waals surface area contributed by atoms with Crippen LogP contribution in [0.2, 0.25) is 4.34 Å². The summed E-state index contributed by atoms with van der Waals surface area (Å²) in [5, 5.41) is 6.80. The first kappa shape index (κ1) is 15.5. The molecule has 1 aliphatic rings. The van der Waals surface area contributed by atoms with Crippen molar-refractivity contribution in [2.45, 2.75) is 31.8 Å². The molecule has 0 bridgehead atoms. The molecule has 1 N–H and O–H groups in total. The van der Waals surface area contributed by atoms with E-state index >= 15 is 0 Å². The SMILES string of the molecule is CO[C@@H](CNC(=O)c1noc2c1CCCC2)c1ccc(Cl)s1. The minimum absolute atomic E-state index is 0.211. The molecule has 2 aromatic rings. The summed E-state index contributed by atoms with van der Waals surface area (Å²) in [6.07, 6.45) is 3.67. The zero-order valence-electron chi connectivity index (χ0n) is 12.2. The van der Waals surface area contributed by atoms with Gasteiger partial charge >= 0.3 is 0 Å². The van der Waals surface area contributed by atoms with Crippen molar-refractivity contribution in [2.75, 3.05) is 13.7 Å². The van der Waals surface area contributed by atoms with Crippen LogP contribution in [0.3, 0.4) is 0 Å². The lowest BCUT2D eigenvalue weighted by Crippen LogP contribution is -2.30. The summed E-state index contributed by atoms with van der Waals surface area (Å²) < 4.78 is 11.4.